The van der Waals surface area contributed by atoms with E-state index in [1.807, 2.05) is 6.07 Å². The minimum absolute atomic E-state index is 0.278. The second-order valence-electron chi connectivity index (χ2n) is 5.49. The SMILES string of the molecule is C=C(C)C(=O)OCC[Si](C)(C)Cc1ccccc1. The zero-order valence-electron chi connectivity index (χ0n) is 11.5. The standard InChI is InChI=1S/C15H22O2Si/c1-13(2)15(16)17-10-11-18(3,4)12-14-8-6-5-7-9-14/h5-9H,1,10-12H2,2-4H3. The van der Waals surface area contributed by atoms with Gasteiger partial charge in [0.2, 0.25) is 0 Å². The Morgan fingerprint density at radius 1 is 1.28 bits per heavy atom. The Morgan fingerprint density at radius 2 is 1.89 bits per heavy atom. The number of carbonyl (C=O) groups is 1. The fraction of sp³-hybridized carbons (Fsp3) is 0.400. The highest BCUT2D eigenvalue weighted by Crippen LogP contribution is 2.16. The third-order valence-corrected chi connectivity index (χ3v) is 5.81. The molecule has 1 aromatic carbocycles. The van der Waals surface area contributed by atoms with Gasteiger partial charge in [-0.25, -0.2) is 4.79 Å². The lowest BCUT2D eigenvalue weighted by atomic mass is 10.2. The van der Waals surface area contributed by atoms with Crippen LogP contribution < -0.4 is 0 Å². The van der Waals surface area contributed by atoms with Gasteiger partial charge in [-0.15, -0.1) is 0 Å². The van der Waals surface area contributed by atoms with Crippen LogP contribution in [0, 0.1) is 0 Å². The van der Waals surface area contributed by atoms with Crippen LogP contribution in [0.15, 0.2) is 42.5 Å². The first-order valence-corrected chi connectivity index (χ1v) is 9.69. The summed E-state index contributed by atoms with van der Waals surface area (Å²) in [4.78, 5) is 11.3. The van der Waals surface area contributed by atoms with E-state index in [-0.39, 0.29) is 5.97 Å². The van der Waals surface area contributed by atoms with Gasteiger partial charge >= 0.3 is 5.97 Å². The predicted octanol–water partition coefficient (Wildman–Crippen LogP) is 3.60. The van der Waals surface area contributed by atoms with Crippen molar-refractivity contribution in [2.45, 2.75) is 32.1 Å². The number of carbonyl (C=O) groups excluding carboxylic acids is 1. The monoisotopic (exact) mass is 262 g/mol. The molecule has 0 aliphatic rings. The van der Waals surface area contributed by atoms with Crippen LogP contribution in [0.3, 0.4) is 0 Å². The summed E-state index contributed by atoms with van der Waals surface area (Å²) in [7, 11) is -1.35. The molecule has 18 heavy (non-hydrogen) atoms. The molecule has 1 aromatic rings. The topological polar surface area (TPSA) is 26.3 Å². The number of rotatable bonds is 6. The highest BCUT2D eigenvalue weighted by molar-refractivity contribution is 6.76. The molecule has 0 spiro atoms. The van der Waals surface area contributed by atoms with Gasteiger partial charge in [-0.1, -0.05) is 55.6 Å². The van der Waals surface area contributed by atoms with E-state index in [1.165, 1.54) is 5.56 Å². The Morgan fingerprint density at radius 3 is 2.44 bits per heavy atom. The zero-order chi connectivity index (χ0) is 13.6. The van der Waals surface area contributed by atoms with Gasteiger partial charge in [0.05, 0.1) is 14.7 Å². The first kappa shape index (κ1) is 14.7. The van der Waals surface area contributed by atoms with Gasteiger partial charge < -0.3 is 4.74 Å². The van der Waals surface area contributed by atoms with E-state index < -0.39 is 8.07 Å². The maximum absolute atomic E-state index is 11.3. The van der Waals surface area contributed by atoms with Crippen molar-refractivity contribution < 1.29 is 9.53 Å². The van der Waals surface area contributed by atoms with E-state index in [0.717, 1.165) is 12.1 Å². The second-order valence-corrected chi connectivity index (χ2v) is 10.7. The highest BCUT2D eigenvalue weighted by Gasteiger charge is 2.21. The van der Waals surface area contributed by atoms with Gasteiger partial charge in [0.25, 0.3) is 0 Å². The number of benzene rings is 1. The molecule has 0 unspecified atom stereocenters. The van der Waals surface area contributed by atoms with Crippen molar-refractivity contribution in [3.8, 4) is 0 Å². The predicted molar refractivity (Wildman–Crippen MR) is 78.2 cm³/mol. The Balaban J connectivity index is 2.40. The van der Waals surface area contributed by atoms with E-state index in [9.17, 15) is 4.79 Å². The van der Waals surface area contributed by atoms with Crippen LogP contribution in [-0.2, 0) is 15.6 Å². The number of esters is 1. The summed E-state index contributed by atoms with van der Waals surface area (Å²) >= 11 is 0. The van der Waals surface area contributed by atoms with Crippen molar-refractivity contribution in [3.63, 3.8) is 0 Å². The molecule has 0 aliphatic heterocycles. The lowest BCUT2D eigenvalue weighted by Crippen LogP contribution is -2.31. The molecule has 0 aromatic heterocycles. The number of hydrogen-bond acceptors (Lipinski definition) is 2. The van der Waals surface area contributed by atoms with Crippen LogP contribution in [0.2, 0.25) is 19.1 Å². The normalized spacial score (nSPS) is 11.1. The summed E-state index contributed by atoms with van der Waals surface area (Å²) in [5, 5.41) is 0. The molecule has 0 heterocycles. The Labute approximate surface area is 111 Å². The van der Waals surface area contributed by atoms with Crippen LogP contribution in [0.5, 0.6) is 0 Å². The number of ether oxygens (including phenoxy) is 1. The lowest BCUT2D eigenvalue weighted by Gasteiger charge is -2.22. The van der Waals surface area contributed by atoms with Gasteiger partial charge in [-0.3, -0.25) is 0 Å². The van der Waals surface area contributed by atoms with E-state index in [1.54, 1.807) is 6.92 Å². The summed E-state index contributed by atoms with van der Waals surface area (Å²) in [5.41, 5.74) is 1.85. The Bertz CT molecular complexity index is 410. The second kappa shape index (κ2) is 6.54. The van der Waals surface area contributed by atoms with Crippen LogP contribution in [0.25, 0.3) is 0 Å². The average Bonchev–Trinajstić information content (AvgIpc) is 2.29. The first-order chi connectivity index (χ1) is 8.41. The van der Waals surface area contributed by atoms with Crippen molar-refractivity contribution in [2.24, 2.45) is 0 Å². The Kier molecular flexibility index (Phi) is 5.35. The smallest absolute Gasteiger partial charge is 0.333 e. The van der Waals surface area contributed by atoms with E-state index in [0.29, 0.717) is 12.2 Å². The molecular formula is C15H22O2Si. The summed E-state index contributed by atoms with van der Waals surface area (Å²) in [6, 6.07) is 12.6. The molecule has 2 nitrogen and oxygen atoms in total. The molecule has 0 fully saturated rings. The van der Waals surface area contributed by atoms with Gasteiger partial charge in [-0.05, 0) is 19.0 Å². The van der Waals surface area contributed by atoms with Crippen molar-refractivity contribution in [2.75, 3.05) is 6.61 Å². The summed E-state index contributed by atoms with van der Waals surface area (Å²) in [6.07, 6.45) is 0. The molecule has 0 aliphatic carbocycles. The molecule has 0 saturated carbocycles. The quantitative estimate of drug-likeness (QED) is 0.445. The van der Waals surface area contributed by atoms with E-state index in [4.69, 9.17) is 4.74 Å². The van der Waals surface area contributed by atoms with Gasteiger partial charge in [-0.2, -0.15) is 0 Å². The molecule has 1 rings (SSSR count). The third kappa shape index (κ3) is 5.32. The zero-order valence-corrected chi connectivity index (χ0v) is 12.5. The molecule has 0 atom stereocenters. The maximum Gasteiger partial charge on any atom is 0.333 e. The van der Waals surface area contributed by atoms with Crippen molar-refractivity contribution in [1.82, 2.24) is 0 Å². The molecule has 0 saturated heterocycles. The summed E-state index contributed by atoms with van der Waals surface area (Å²) < 4.78 is 5.17. The van der Waals surface area contributed by atoms with E-state index >= 15 is 0 Å². The largest absolute Gasteiger partial charge is 0.463 e. The van der Waals surface area contributed by atoms with Crippen molar-refractivity contribution in [3.05, 3.63) is 48.0 Å². The highest BCUT2D eigenvalue weighted by atomic mass is 28.3. The average molecular weight is 262 g/mol. The van der Waals surface area contributed by atoms with Crippen molar-refractivity contribution >= 4 is 14.0 Å². The van der Waals surface area contributed by atoms with Gasteiger partial charge in [0.15, 0.2) is 0 Å². The third-order valence-electron chi connectivity index (χ3n) is 2.89. The summed E-state index contributed by atoms with van der Waals surface area (Å²) in [5.74, 6) is -0.278. The van der Waals surface area contributed by atoms with Gasteiger partial charge in [0, 0.05) is 5.57 Å². The molecule has 0 amide bonds. The molecule has 0 bridgehead atoms. The minimum atomic E-state index is -1.35. The Hall–Kier alpha value is -1.35. The fourth-order valence-electron chi connectivity index (χ4n) is 1.78. The van der Waals surface area contributed by atoms with Crippen molar-refractivity contribution in [1.29, 1.82) is 0 Å². The van der Waals surface area contributed by atoms with Crippen LogP contribution in [-0.4, -0.2) is 20.7 Å². The van der Waals surface area contributed by atoms with Gasteiger partial charge in [0.1, 0.15) is 0 Å². The molecular weight excluding hydrogens is 240 g/mol. The van der Waals surface area contributed by atoms with Crippen LogP contribution >= 0.6 is 0 Å². The first-order valence-electron chi connectivity index (χ1n) is 6.27. The summed E-state index contributed by atoms with van der Waals surface area (Å²) in [6.45, 7) is 10.4. The minimum Gasteiger partial charge on any atom is -0.463 e. The number of hydrogen-bond donors (Lipinski definition) is 0. The maximum atomic E-state index is 11.3. The molecule has 98 valence electrons. The van der Waals surface area contributed by atoms with Crippen LogP contribution in [0.4, 0.5) is 0 Å². The fourth-order valence-corrected chi connectivity index (χ4v) is 3.95. The lowest BCUT2D eigenvalue weighted by molar-refractivity contribution is -0.138. The molecule has 0 radical (unpaired) electrons. The van der Waals surface area contributed by atoms with E-state index in [2.05, 4.69) is 43.9 Å². The molecule has 3 heteroatoms. The molecule has 0 N–H and O–H groups in total. The van der Waals surface area contributed by atoms with Crippen LogP contribution in [0.1, 0.15) is 12.5 Å².